The molecule has 0 unspecified atom stereocenters. The lowest BCUT2D eigenvalue weighted by Gasteiger charge is -2.25. The van der Waals surface area contributed by atoms with Gasteiger partial charge in [-0.3, -0.25) is 0 Å². The van der Waals surface area contributed by atoms with Crippen LogP contribution < -0.4 is 10.1 Å². The molecular weight excluding hydrogens is 280 g/mol. The van der Waals surface area contributed by atoms with Crippen molar-refractivity contribution in [3.8, 4) is 5.88 Å². The zero-order valence-electron chi connectivity index (χ0n) is 11.0. The molecule has 0 fully saturated rings. The summed E-state index contributed by atoms with van der Waals surface area (Å²) in [6, 6.07) is 2.05. The van der Waals surface area contributed by atoms with Gasteiger partial charge in [-0.2, -0.15) is 0 Å². The number of pyridine rings is 1. The molecule has 1 rings (SSSR count). The van der Waals surface area contributed by atoms with Crippen molar-refractivity contribution in [2.75, 3.05) is 6.54 Å². The van der Waals surface area contributed by atoms with E-state index in [9.17, 15) is 0 Å². The molecule has 0 amide bonds. The molecule has 0 spiro atoms. The van der Waals surface area contributed by atoms with Gasteiger partial charge in [-0.15, -0.1) is 0 Å². The minimum absolute atomic E-state index is 0.179. The molecule has 1 N–H and O–H groups in total. The summed E-state index contributed by atoms with van der Waals surface area (Å²) in [6.45, 7) is 10.1. The molecule has 0 bridgehead atoms. The van der Waals surface area contributed by atoms with E-state index in [4.69, 9.17) is 4.74 Å². The molecule has 0 aromatic carbocycles. The highest BCUT2D eigenvalue weighted by atomic mass is 79.9. The average Bonchev–Trinajstić information content (AvgIpc) is 2.29. The molecule has 0 atom stereocenters. The summed E-state index contributed by atoms with van der Waals surface area (Å²) < 4.78 is 6.94. The van der Waals surface area contributed by atoms with Crippen LogP contribution in [0.3, 0.4) is 0 Å². The fourth-order valence-corrected chi connectivity index (χ4v) is 1.66. The quantitative estimate of drug-likeness (QED) is 0.873. The Kier molecular flexibility index (Phi) is 5.40. The first-order valence-corrected chi connectivity index (χ1v) is 6.82. The van der Waals surface area contributed by atoms with Crippen molar-refractivity contribution in [1.29, 1.82) is 0 Å². The summed E-state index contributed by atoms with van der Waals surface area (Å²) in [4.78, 5) is 4.36. The number of halogens is 1. The van der Waals surface area contributed by atoms with E-state index in [1.165, 1.54) is 0 Å². The van der Waals surface area contributed by atoms with E-state index >= 15 is 0 Å². The Hall–Kier alpha value is -0.610. The molecule has 3 nitrogen and oxygen atoms in total. The highest BCUT2D eigenvalue weighted by Crippen LogP contribution is 2.25. The summed E-state index contributed by atoms with van der Waals surface area (Å²) in [7, 11) is 0. The van der Waals surface area contributed by atoms with Crippen LogP contribution in [0.25, 0.3) is 0 Å². The second-order valence-corrected chi connectivity index (χ2v) is 5.53. The van der Waals surface area contributed by atoms with Crippen LogP contribution in [0.5, 0.6) is 5.88 Å². The van der Waals surface area contributed by atoms with Crippen LogP contribution in [0.15, 0.2) is 16.7 Å². The van der Waals surface area contributed by atoms with Gasteiger partial charge in [0, 0.05) is 22.8 Å². The number of hydrogen-bond donors (Lipinski definition) is 1. The normalized spacial score (nSPS) is 11.6. The van der Waals surface area contributed by atoms with Gasteiger partial charge in [0.25, 0.3) is 0 Å². The van der Waals surface area contributed by atoms with Crippen LogP contribution in [-0.4, -0.2) is 17.1 Å². The Balaban J connectivity index is 2.89. The van der Waals surface area contributed by atoms with E-state index in [0.717, 1.165) is 35.4 Å². The molecule has 0 radical (unpaired) electrons. The van der Waals surface area contributed by atoms with Crippen LogP contribution in [0.1, 0.15) is 39.7 Å². The third kappa shape index (κ3) is 4.64. The topological polar surface area (TPSA) is 34.2 Å². The van der Waals surface area contributed by atoms with E-state index in [1.54, 1.807) is 6.20 Å². The van der Waals surface area contributed by atoms with E-state index < -0.39 is 0 Å². The lowest BCUT2D eigenvalue weighted by atomic mass is 10.1. The molecule has 1 heterocycles. The minimum atomic E-state index is -0.179. The van der Waals surface area contributed by atoms with Gasteiger partial charge in [0.1, 0.15) is 5.60 Å². The van der Waals surface area contributed by atoms with Crippen molar-refractivity contribution < 1.29 is 4.74 Å². The zero-order chi connectivity index (χ0) is 12.9. The average molecular weight is 301 g/mol. The van der Waals surface area contributed by atoms with Crippen LogP contribution in [0.2, 0.25) is 0 Å². The van der Waals surface area contributed by atoms with E-state index in [1.807, 2.05) is 0 Å². The molecule has 96 valence electrons. The Labute approximate surface area is 112 Å². The van der Waals surface area contributed by atoms with Crippen molar-refractivity contribution in [3.05, 3.63) is 22.3 Å². The third-order valence-electron chi connectivity index (χ3n) is 2.68. The van der Waals surface area contributed by atoms with E-state index in [0.29, 0.717) is 0 Å². The van der Waals surface area contributed by atoms with Gasteiger partial charge >= 0.3 is 0 Å². The molecule has 0 saturated heterocycles. The summed E-state index contributed by atoms with van der Waals surface area (Å²) in [5.41, 5.74) is 0.907. The van der Waals surface area contributed by atoms with Gasteiger partial charge < -0.3 is 10.1 Å². The largest absolute Gasteiger partial charge is 0.471 e. The maximum atomic E-state index is 5.96. The van der Waals surface area contributed by atoms with Gasteiger partial charge in [-0.05, 0) is 48.8 Å². The number of rotatable bonds is 6. The highest BCUT2D eigenvalue weighted by molar-refractivity contribution is 9.10. The van der Waals surface area contributed by atoms with Gasteiger partial charge in [0.15, 0.2) is 0 Å². The molecule has 1 aromatic rings. The van der Waals surface area contributed by atoms with E-state index in [-0.39, 0.29) is 5.60 Å². The predicted molar refractivity (Wildman–Crippen MR) is 74.3 cm³/mol. The molecule has 0 aliphatic heterocycles. The van der Waals surface area contributed by atoms with Crippen molar-refractivity contribution >= 4 is 15.9 Å². The number of nitrogens with zero attached hydrogens (tertiary/aromatic N) is 1. The lowest BCUT2D eigenvalue weighted by Crippen LogP contribution is -2.28. The van der Waals surface area contributed by atoms with Gasteiger partial charge in [-0.25, -0.2) is 4.98 Å². The number of ether oxygens (including phenoxy) is 1. The first kappa shape index (κ1) is 14.5. The maximum absolute atomic E-state index is 5.96. The molecule has 17 heavy (non-hydrogen) atoms. The van der Waals surface area contributed by atoms with Crippen molar-refractivity contribution in [2.45, 2.75) is 46.3 Å². The second kappa shape index (κ2) is 6.36. The van der Waals surface area contributed by atoms with Crippen LogP contribution in [0.4, 0.5) is 0 Å². The molecule has 1 aromatic heterocycles. The second-order valence-electron chi connectivity index (χ2n) is 4.61. The van der Waals surface area contributed by atoms with Gasteiger partial charge in [-0.1, -0.05) is 13.8 Å². The summed E-state index contributed by atoms with van der Waals surface area (Å²) >= 11 is 3.44. The van der Waals surface area contributed by atoms with E-state index in [2.05, 4.69) is 60.0 Å². The van der Waals surface area contributed by atoms with Crippen LogP contribution in [0, 0.1) is 0 Å². The predicted octanol–water partition coefficient (Wildman–Crippen LogP) is 3.52. The Morgan fingerprint density at radius 2 is 2.12 bits per heavy atom. The van der Waals surface area contributed by atoms with Crippen LogP contribution in [-0.2, 0) is 6.54 Å². The zero-order valence-corrected chi connectivity index (χ0v) is 12.6. The van der Waals surface area contributed by atoms with Crippen LogP contribution >= 0.6 is 15.9 Å². The Morgan fingerprint density at radius 3 is 2.71 bits per heavy atom. The highest BCUT2D eigenvalue weighted by Gasteiger charge is 2.19. The Bertz CT molecular complexity index is 366. The number of aromatic nitrogens is 1. The maximum Gasteiger partial charge on any atom is 0.218 e. The standard InChI is InChI=1S/C13H21BrN2O/c1-5-13(3,4)17-12-10(8-15-6-2)7-11(14)9-16-12/h7,9,15H,5-6,8H2,1-4H3. The molecule has 0 aliphatic carbocycles. The minimum Gasteiger partial charge on any atom is -0.471 e. The first-order valence-electron chi connectivity index (χ1n) is 6.02. The lowest BCUT2D eigenvalue weighted by molar-refractivity contribution is 0.0973. The Morgan fingerprint density at radius 1 is 1.41 bits per heavy atom. The molecule has 0 aliphatic rings. The monoisotopic (exact) mass is 300 g/mol. The number of hydrogen-bond acceptors (Lipinski definition) is 3. The van der Waals surface area contributed by atoms with Gasteiger partial charge in [0.2, 0.25) is 5.88 Å². The molecule has 0 saturated carbocycles. The summed E-state index contributed by atoms with van der Waals surface area (Å²) in [6.07, 6.45) is 2.72. The van der Waals surface area contributed by atoms with Crippen molar-refractivity contribution in [2.24, 2.45) is 0 Å². The van der Waals surface area contributed by atoms with Gasteiger partial charge in [0.05, 0.1) is 0 Å². The summed E-state index contributed by atoms with van der Waals surface area (Å²) in [5, 5.41) is 3.30. The third-order valence-corrected chi connectivity index (χ3v) is 3.12. The molecule has 4 heteroatoms. The fourth-order valence-electron chi connectivity index (χ4n) is 1.28. The fraction of sp³-hybridized carbons (Fsp3) is 0.615. The smallest absolute Gasteiger partial charge is 0.218 e. The SMILES string of the molecule is CCNCc1cc(Br)cnc1OC(C)(C)CC. The summed E-state index contributed by atoms with van der Waals surface area (Å²) in [5.74, 6) is 0.723. The van der Waals surface area contributed by atoms with Crippen molar-refractivity contribution in [1.82, 2.24) is 10.3 Å². The van der Waals surface area contributed by atoms with Crippen molar-refractivity contribution in [3.63, 3.8) is 0 Å². The number of nitrogens with one attached hydrogen (secondary N) is 1. The first-order chi connectivity index (χ1) is 7.98. The molecular formula is C13H21BrN2O.